The van der Waals surface area contributed by atoms with Gasteiger partial charge in [0, 0.05) is 44.8 Å². The van der Waals surface area contributed by atoms with Gasteiger partial charge in [0.25, 0.3) is 5.91 Å². The van der Waals surface area contributed by atoms with Crippen molar-refractivity contribution in [3.63, 3.8) is 0 Å². The molecule has 8 heteroatoms. The molecule has 39 heavy (non-hydrogen) atoms. The highest BCUT2D eigenvalue weighted by molar-refractivity contribution is 6.04. The maximum Gasteiger partial charge on any atom is 0.410 e. The number of fused-ring (bicyclic) bond motifs is 1. The quantitative estimate of drug-likeness (QED) is 0.321. The standard InChI is InChI=1S/C31H47N3O5/c1-22(2)34(24-12-11-17-32(20-24)30(36)39-31(3,4)5)29(35)27-28(38-21-23-15-16-23)25-13-7-8-14-26(25)33(27)18-9-10-19-37-6/h7-8,13-14,22-24H,9-12,15-21H2,1-6H3/t24-/m1/s1. The van der Waals surface area contributed by atoms with Gasteiger partial charge in [-0.1, -0.05) is 12.1 Å². The first-order valence-electron chi connectivity index (χ1n) is 14.6. The van der Waals surface area contributed by atoms with Gasteiger partial charge in [-0.05, 0) is 91.2 Å². The highest BCUT2D eigenvalue weighted by Crippen LogP contribution is 2.38. The predicted octanol–water partition coefficient (Wildman–Crippen LogP) is 6.11. The zero-order chi connectivity index (χ0) is 28.2. The van der Waals surface area contributed by atoms with E-state index in [0.29, 0.717) is 50.2 Å². The molecule has 0 spiro atoms. The minimum atomic E-state index is -0.560. The summed E-state index contributed by atoms with van der Waals surface area (Å²) in [6, 6.07) is 8.03. The maximum atomic E-state index is 14.6. The molecule has 0 N–H and O–H groups in total. The van der Waals surface area contributed by atoms with E-state index in [1.54, 1.807) is 12.0 Å². The third-order valence-electron chi connectivity index (χ3n) is 7.50. The molecule has 1 aliphatic heterocycles. The van der Waals surface area contributed by atoms with Crippen LogP contribution in [0.5, 0.6) is 5.75 Å². The molecule has 216 valence electrons. The van der Waals surface area contributed by atoms with Crippen molar-refractivity contribution in [2.24, 2.45) is 5.92 Å². The first-order valence-corrected chi connectivity index (χ1v) is 14.6. The lowest BCUT2D eigenvalue weighted by atomic mass is 10.0. The van der Waals surface area contributed by atoms with Crippen LogP contribution < -0.4 is 4.74 Å². The number of unbranched alkanes of at least 4 members (excludes halogenated alkanes) is 1. The normalized spacial score (nSPS) is 18.0. The van der Waals surface area contributed by atoms with Gasteiger partial charge in [0.05, 0.1) is 18.2 Å². The number of para-hydroxylation sites is 1. The number of piperidine rings is 1. The number of likely N-dealkylation sites (tertiary alicyclic amines) is 1. The average Bonchev–Trinajstić information content (AvgIpc) is 3.66. The Kier molecular flexibility index (Phi) is 9.47. The summed E-state index contributed by atoms with van der Waals surface area (Å²) in [6.45, 7) is 12.9. The van der Waals surface area contributed by atoms with E-state index in [0.717, 1.165) is 36.6 Å². The summed E-state index contributed by atoms with van der Waals surface area (Å²) in [6.07, 6.45) is 5.52. The number of rotatable bonds is 11. The fraction of sp³-hybridized carbons (Fsp3) is 0.677. The van der Waals surface area contributed by atoms with E-state index in [9.17, 15) is 9.59 Å². The second-order valence-electron chi connectivity index (χ2n) is 12.3. The molecule has 4 rings (SSSR count). The van der Waals surface area contributed by atoms with Gasteiger partial charge in [-0.15, -0.1) is 0 Å². The van der Waals surface area contributed by atoms with Crippen LogP contribution >= 0.6 is 0 Å². The summed E-state index contributed by atoms with van der Waals surface area (Å²) >= 11 is 0. The van der Waals surface area contributed by atoms with Crippen LogP contribution in [-0.2, 0) is 16.0 Å². The number of carbonyl (C=O) groups is 2. The largest absolute Gasteiger partial charge is 0.490 e. The molecule has 0 unspecified atom stereocenters. The molecule has 1 aromatic heterocycles. The van der Waals surface area contributed by atoms with E-state index in [-0.39, 0.29) is 24.1 Å². The molecule has 2 heterocycles. The molecule has 0 bridgehead atoms. The molecule has 2 amide bonds. The van der Waals surface area contributed by atoms with Gasteiger partial charge >= 0.3 is 6.09 Å². The number of aryl methyl sites for hydroxylation is 1. The summed E-state index contributed by atoms with van der Waals surface area (Å²) in [5.41, 5.74) is 1.08. The lowest BCUT2D eigenvalue weighted by molar-refractivity contribution is 0.00725. The van der Waals surface area contributed by atoms with Crippen molar-refractivity contribution in [2.75, 3.05) is 33.4 Å². The molecule has 0 radical (unpaired) electrons. The Morgan fingerprint density at radius 1 is 1.10 bits per heavy atom. The third kappa shape index (κ3) is 7.27. The Bertz CT molecular complexity index is 1130. The van der Waals surface area contributed by atoms with Crippen LogP contribution in [0.3, 0.4) is 0 Å². The molecule has 2 aliphatic rings. The van der Waals surface area contributed by atoms with E-state index < -0.39 is 5.60 Å². The van der Waals surface area contributed by atoms with E-state index in [1.807, 2.05) is 37.8 Å². The van der Waals surface area contributed by atoms with Crippen molar-refractivity contribution < 1.29 is 23.8 Å². The molecular weight excluding hydrogens is 494 g/mol. The zero-order valence-electron chi connectivity index (χ0n) is 24.7. The second kappa shape index (κ2) is 12.6. The maximum absolute atomic E-state index is 14.6. The number of aromatic nitrogens is 1. The van der Waals surface area contributed by atoms with Gasteiger partial charge in [0.2, 0.25) is 0 Å². The van der Waals surface area contributed by atoms with Crippen LogP contribution in [-0.4, -0.2) is 77.5 Å². The lowest BCUT2D eigenvalue weighted by Crippen LogP contribution is -2.54. The highest BCUT2D eigenvalue weighted by atomic mass is 16.6. The molecule has 8 nitrogen and oxygen atoms in total. The number of carbonyl (C=O) groups excluding carboxylic acids is 2. The fourth-order valence-electron chi connectivity index (χ4n) is 5.48. The number of benzene rings is 1. The van der Waals surface area contributed by atoms with Gasteiger partial charge in [-0.2, -0.15) is 0 Å². The van der Waals surface area contributed by atoms with E-state index in [2.05, 4.69) is 30.5 Å². The van der Waals surface area contributed by atoms with Gasteiger partial charge in [0.1, 0.15) is 5.60 Å². The van der Waals surface area contributed by atoms with E-state index >= 15 is 0 Å². The van der Waals surface area contributed by atoms with Crippen molar-refractivity contribution in [3.05, 3.63) is 30.0 Å². The molecule has 1 atom stereocenters. The predicted molar refractivity (Wildman–Crippen MR) is 153 cm³/mol. The van der Waals surface area contributed by atoms with Crippen LogP contribution in [0.2, 0.25) is 0 Å². The van der Waals surface area contributed by atoms with Crippen LogP contribution in [0.4, 0.5) is 4.79 Å². The Balaban J connectivity index is 1.68. The number of hydrogen-bond donors (Lipinski definition) is 0. The molecule has 2 aromatic rings. The second-order valence-corrected chi connectivity index (χ2v) is 12.3. The fourth-order valence-corrected chi connectivity index (χ4v) is 5.48. The van der Waals surface area contributed by atoms with Gasteiger partial charge < -0.3 is 28.6 Å². The van der Waals surface area contributed by atoms with E-state index in [1.165, 1.54) is 12.8 Å². The van der Waals surface area contributed by atoms with Crippen molar-refractivity contribution in [2.45, 2.75) is 97.4 Å². The Hall–Kier alpha value is -2.74. The summed E-state index contributed by atoms with van der Waals surface area (Å²) in [4.78, 5) is 31.3. The molecule has 1 saturated carbocycles. The van der Waals surface area contributed by atoms with Crippen molar-refractivity contribution in [3.8, 4) is 5.75 Å². The van der Waals surface area contributed by atoms with Gasteiger partial charge in [-0.3, -0.25) is 4.79 Å². The molecule has 2 fully saturated rings. The SMILES string of the molecule is COCCCCn1c(C(=O)N(C(C)C)[C@@H]2CCCN(C(=O)OC(C)(C)C)C2)c(OCC2CC2)c2ccccc21. The molecule has 1 saturated heterocycles. The smallest absolute Gasteiger partial charge is 0.410 e. The molecule has 1 aliphatic carbocycles. The number of hydrogen-bond acceptors (Lipinski definition) is 5. The lowest BCUT2D eigenvalue weighted by Gasteiger charge is -2.41. The molecule has 1 aromatic carbocycles. The summed E-state index contributed by atoms with van der Waals surface area (Å²) < 4.78 is 19.6. The van der Waals surface area contributed by atoms with Crippen LogP contribution in [0.1, 0.15) is 83.6 Å². The van der Waals surface area contributed by atoms with E-state index in [4.69, 9.17) is 14.2 Å². The summed E-state index contributed by atoms with van der Waals surface area (Å²) in [7, 11) is 1.72. The number of amides is 2. The Morgan fingerprint density at radius 3 is 2.51 bits per heavy atom. The third-order valence-corrected chi connectivity index (χ3v) is 7.50. The topological polar surface area (TPSA) is 73.2 Å². The Morgan fingerprint density at radius 2 is 1.85 bits per heavy atom. The monoisotopic (exact) mass is 541 g/mol. The van der Waals surface area contributed by atoms with Crippen LogP contribution in [0, 0.1) is 5.92 Å². The van der Waals surface area contributed by atoms with Crippen molar-refractivity contribution >= 4 is 22.9 Å². The van der Waals surface area contributed by atoms with Crippen molar-refractivity contribution in [1.29, 1.82) is 0 Å². The van der Waals surface area contributed by atoms with Gasteiger partial charge in [0.15, 0.2) is 11.4 Å². The minimum Gasteiger partial charge on any atom is -0.490 e. The number of methoxy groups -OCH3 is 1. The average molecular weight is 542 g/mol. The molecular formula is C31H47N3O5. The summed E-state index contributed by atoms with van der Waals surface area (Å²) in [5, 5.41) is 0.982. The zero-order valence-corrected chi connectivity index (χ0v) is 24.7. The number of nitrogens with zero attached hydrogens (tertiary/aromatic N) is 3. The highest BCUT2D eigenvalue weighted by Gasteiger charge is 2.37. The number of ether oxygens (including phenoxy) is 3. The summed E-state index contributed by atoms with van der Waals surface area (Å²) in [5.74, 6) is 1.23. The first kappa shape index (κ1) is 29.2. The van der Waals surface area contributed by atoms with Crippen molar-refractivity contribution in [1.82, 2.24) is 14.4 Å². The van der Waals surface area contributed by atoms with Crippen LogP contribution in [0.15, 0.2) is 24.3 Å². The minimum absolute atomic E-state index is 0.0326. The first-order chi connectivity index (χ1) is 18.6. The Labute approximate surface area is 233 Å². The van der Waals surface area contributed by atoms with Gasteiger partial charge in [-0.25, -0.2) is 4.79 Å². The van der Waals surface area contributed by atoms with Crippen LogP contribution in [0.25, 0.3) is 10.9 Å².